The van der Waals surface area contributed by atoms with E-state index in [0.29, 0.717) is 0 Å². The lowest BCUT2D eigenvalue weighted by molar-refractivity contribution is 0.273. The van der Waals surface area contributed by atoms with Crippen LogP contribution in [0, 0.1) is 6.92 Å². The summed E-state index contributed by atoms with van der Waals surface area (Å²) in [6, 6.07) is 3.80. The van der Waals surface area contributed by atoms with Crippen molar-refractivity contribution >= 4 is 15.9 Å². The summed E-state index contributed by atoms with van der Waals surface area (Å²) in [5.41, 5.74) is 1.90. The van der Waals surface area contributed by atoms with E-state index in [1.165, 1.54) is 0 Å². The molecule has 0 heterocycles. The molecule has 0 amide bonds. The zero-order valence-electron chi connectivity index (χ0n) is 7.10. The van der Waals surface area contributed by atoms with Gasteiger partial charge in [-0.2, -0.15) is 0 Å². The first-order valence-electron chi connectivity index (χ1n) is 3.63. The van der Waals surface area contributed by atoms with E-state index in [-0.39, 0.29) is 6.61 Å². The highest BCUT2D eigenvalue weighted by molar-refractivity contribution is 9.10. The maximum absolute atomic E-state index is 9.04. The van der Waals surface area contributed by atoms with Crippen molar-refractivity contribution in [3.05, 3.63) is 27.7 Å². The minimum atomic E-state index is -0.00850. The van der Waals surface area contributed by atoms with Gasteiger partial charge in [-0.3, -0.25) is 0 Å². The second-order valence-electron chi connectivity index (χ2n) is 2.54. The van der Waals surface area contributed by atoms with Crippen LogP contribution in [0.4, 0.5) is 0 Å². The zero-order chi connectivity index (χ0) is 9.14. The van der Waals surface area contributed by atoms with Gasteiger partial charge in [0.25, 0.3) is 0 Å². The summed E-state index contributed by atoms with van der Waals surface area (Å²) in [5.74, 6) is 0.718. The third-order valence-electron chi connectivity index (χ3n) is 1.77. The van der Waals surface area contributed by atoms with Crippen LogP contribution in [0.25, 0.3) is 0 Å². The number of aliphatic hydroxyl groups is 1. The van der Waals surface area contributed by atoms with Gasteiger partial charge in [-0.15, -0.1) is 0 Å². The fraction of sp³-hybridized carbons (Fsp3) is 0.333. The molecule has 3 heteroatoms. The number of aryl methyl sites for hydroxylation is 1. The summed E-state index contributed by atoms with van der Waals surface area (Å²) in [5, 5.41) is 9.04. The van der Waals surface area contributed by atoms with Crippen LogP contribution in [0.1, 0.15) is 11.1 Å². The third kappa shape index (κ3) is 1.62. The van der Waals surface area contributed by atoms with Crippen LogP contribution >= 0.6 is 15.9 Å². The number of ether oxygens (including phenoxy) is 1. The Hall–Kier alpha value is -0.540. The van der Waals surface area contributed by atoms with Gasteiger partial charge >= 0.3 is 0 Å². The van der Waals surface area contributed by atoms with Crippen molar-refractivity contribution in [2.45, 2.75) is 13.5 Å². The van der Waals surface area contributed by atoms with Crippen molar-refractivity contribution in [3.8, 4) is 5.75 Å². The first-order valence-corrected chi connectivity index (χ1v) is 4.42. The molecule has 0 saturated heterocycles. The molecule has 0 atom stereocenters. The van der Waals surface area contributed by atoms with Crippen LogP contribution < -0.4 is 4.74 Å². The van der Waals surface area contributed by atoms with Crippen LogP contribution in [-0.2, 0) is 6.61 Å². The summed E-state index contributed by atoms with van der Waals surface area (Å²) >= 11 is 3.39. The Balaban J connectivity index is 3.25. The molecule has 0 spiro atoms. The van der Waals surface area contributed by atoms with Crippen molar-refractivity contribution in [2.75, 3.05) is 7.11 Å². The van der Waals surface area contributed by atoms with Gasteiger partial charge in [0.15, 0.2) is 0 Å². The number of hydrogen-bond donors (Lipinski definition) is 1. The number of benzene rings is 1. The smallest absolute Gasteiger partial charge is 0.125 e. The Kier molecular flexibility index (Phi) is 3.12. The van der Waals surface area contributed by atoms with E-state index in [9.17, 15) is 0 Å². The number of hydrogen-bond acceptors (Lipinski definition) is 2. The minimum Gasteiger partial charge on any atom is -0.496 e. The van der Waals surface area contributed by atoms with Crippen molar-refractivity contribution in [1.82, 2.24) is 0 Å². The normalized spacial score (nSPS) is 10.0. The fourth-order valence-electron chi connectivity index (χ4n) is 1.06. The molecule has 66 valence electrons. The molecular weight excluding hydrogens is 220 g/mol. The lowest BCUT2D eigenvalue weighted by Crippen LogP contribution is -1.94. The second-order valence-corrected chi connectivity index (χ2v) is 3.33. The summed E-state index contributed by atoms with van der Waals surface area (Å²) in [6.07, 6.45) is 0. The highest BCUT2D eigenvalue weighted by Gasteiger charge is 2.07. The molecule has 1 aromatic rings. The predicted molar refractivity (Wildman–Crippen MR) is 51.4 cm³/mol. The third-order valence-corrected chi connectivity index (χ3v) is 2.88. The molecule has 0 unspecified atom stereocenters. The van der Waals surface area contributed by atoms with Gasteiger partial charge in [-0.05, 0) is 18.6 Å². The summed E-state index contributed by atoms with van der Waals surface area (Å²) in [6.45, 7) is 1.97. The quantitative estimate of drug-likeness (QED) is 0.845. The molecule has 0 saturated carbocycles. The van der Waals surface area contributed by atoms with E-state index in [2.05, 4.69) is 15.9 Å². The van der Waals surface area contributed by atoms with E-state index >= 15 is 0 Å². The largest absolute Gasteiger partial charge is 0.496 e. The fourth-order valence-corrected chi connectivity index (χ4v) is 1.51. The first kappa shape index (κ1) is 9.55. The van der Waals surface area contributed by atoms with Gasteiger partial charge in [-0.1, -0.05) is 22.0 Å². The highest BCUT2D eigenvalue weighted by atomic mass is 79.9. The Morgan fingerprint density at radius 3 is 2.67 bits per heavy atom. The minimum absolute atomic E-state index is 0.00850. The molecule has 2 nitrogen and oxygen atoms in total. The maximum Gasteiger partial charge on any atom is 0.125 e. The van der Waals surface area contributed by atoms with E-state index in [0.717, 1.165) is 21.3 Å². The van der Waals surface area contributed by atoms with Crippen LogP contribution in [0.15, 0.2) is 16.6 Å². The molecule has 1 rings (SSSR count). The van der Waals surface area contributed by atoms with E-state index in [4.69, 9.17) is 9.84 Å². The van der Waals surface area contributed by atoms with E-state index in [1.54, 1.807) is 7.11 Å². The maximum atomic E-state index is 9.04. The van der Waals surface area contributed by atoms with Gasteiger partial charge in [0.05, 0.1) is 13.7 Å². The van der Waals surface area contributed by atoms with Crippen LogP contribution in [-0.4, -0.2) is 12.2 Å². The molecule has 0 aromatic heterocycles. The number of rotatable bonds is 2. The van der Waals surface area contributed by atoms with Crippen molar-refractivity contribution in [1.29, 1.82) is 0 Å². The SMILES string of the molecule is COc1ccc(C)c(Br)c1CO. The lowest BCUT2D eigenvalue weighted by Gasteiger charge is -2.09. The topological polar surface area (TPSA) is 29.5 Å². The number of halogens is 1. The Bertz CT molecular complexity index is 284. The zero-order valence-corrected chi connectivity index (χ0v) is 8.68. The average molecular weight is 231 g/mol. The monoisotopic (exact) mass is 230 g/mol. The number of methoxy groups -OCH3 is 1. The first-order chi connectivity index (χ1) is 5.70. The van der Waals surface area contributed by atoms with Crippen LogP contribution in [0.3, 0.4) is 0 Å². The molecule has 1 N–H and O–H groups in total. The molecule has 0 fully saturated rings. The van der Waals surface area contributed by atoms with Crippen LogP contribution in [0.2, 0.25) is 0 Å². The van der Waals surface area contributed by atoms with Gasteiger partial charge in [0, 0.05) is 10.0 Å². The lowest BCUT2D eigenvalue weighted by atomic mass is 10.1. The molecule has 0 radical (unpaired) electrons. The standard InChI is InChI=1S/C9H11BrO2/c1-6-3-4-8(12-2)7(5-11)9(6)10/h3-4,11H,5H2,1-2H3. The van der Waals surface area contributed by atoms with E-state index in [1.807, 2.05) is 19.1 Å². The highest BCUT2D eigenvalue weighted by Crippen LogP contribution is 2.29. The van der Waals surface area contributed by atoms with Gasteiger partial charge in [0.2, 0.25) is 0 Å². The Labute approximate surface area is 80.3 Å². The Morgan fingerprint density at radius 2 is 2.17 bits per heavy atom. The van der Waals surface area contributed by atoms with Crippen LogP contribution in [0.5, 0.6) is 5.75 Å². The number of aliphatic hydroxyl groups excluding tert-OH is 1. The summed E-state index contributed by atoms with van der Waals surface area (Å²) < 4.78 is 6.00. The molecule has 0 aliphatic rings. The van der Waals surface area contributed by atoms with Gasteiger partial charge in [-0.25, -0.2) is 0 Å². The Morgan fingerprint density at radius 1 is 1.50 bits per heavy atom. The van der Waals surface area contributed by atoms with E-state index < -0.39 is 0 Å². The summed E-state index contributed by atoms with van der Waals surface area (Å²) in [7, 11) is 1.59. The molecular formula is C9H11BrO2. The second kappa shape index (κ2) is 3.92. The van der Waals surface area contributed by atoms with Crippen molar-refractivity contribution in [3.63, 3.8) is 0 Å². The average Bonchev–Trinajstić information content (AvgIpc) is 2.09. The van der Waals surface area contributed by atoms with Crippen molar-refractivity contribution < 1.29 is 9.84 Å². The molecule has 0 aliphatic carbocycles. The molecule has 0 aliphatic heterocycles. The van der Waals surface area contributed by atoms with Crippen molar-refractivity contribution in [2.24, 2.45) is 0 Å². The molecule has 0 bridgehead atoms. The molecule has 12 heavy (non-hydrogen) atoms. The summed E-state index contributed by atoms with van der Waals surface area (Å²) in [4.78, 5) is 0. The van der Waals surface area contributed by atoms with Gasteiger partial charge in [0.1, 0.15) is 5.75 Å². The predicted octanol–water partition coefficient (Wildman–Crippen LogP) is 2.26. The van der Waals surface area contributed by atoms with Gasteiger partial charge < -0.3 is 9.84 Å². The molecule has 1 aromatic carbocycles.